The predicted molar refractivity (Wildman–Crippen MR) is 142 cm³/mol. The minimum Gasteiger partial charge on any atom is -0.450 e. The molecular formula is C27H20F3N5O6. The van der Waals surface area contributed by atoms with Crippen LogP contribution in [0.3, 0.4) is 0 Å². The lowest BCUT2D eigenvalue weighted by molar-refractivity contribution is -0.385. The lowest BCUT2D eigenvalue weighted by atomic mass is 10.2. The molecule has 0 fully saturated rings. The highest BCUT2D eigenvalue weighted by molar-refractivity contribution is 5.95. The van der Waals surface area contributed by atoms with Gasteiger partial charge in [0.25, 0.3) is 11.6 Å². The van der Waals surface area contributed by atoms with Gasteiger partial charge in [0, 0.05) is 46.4 Å². The summed E-state index contributed by atoms with van der Waals surface area (Å²) in [5, 5.41) is 26.1. The zero-order chi connectivity index (χ0) is 29.9. The van der Waals surface area contributed by atoms with Gasteiger partial charge in [-0.15, -0.1) is 0 Å². The number of ether oxygens (including phenoxy) is 1. The van der Waals surface area contributed by atoms with Crippen molar-refractivity contribution in [1.82, 2.24) is 9.99 Å². The van der Waals surface area contributed by atoms with Crippen LogP contribution in [0.4, 0.5) is 24.5 Å². The van der Waals surface area contributed by atoms with Crippen LogP contribution in [0.5, 0.6) is 11.5 Å². The maximum absolute atomic E-state index is 13.0. The van der Waals surface area contributed by atoms with Crippen molar-refractivity contribution in [2.45, 2.75) is 20.0 Å². The first kappa shape index (κ1) is 28.5. The van der Waals surface area contributed by atoms with Gasteiger partial charge < -0.3 is 9.30 Å². The molecule has 0 aliphatic rings. The maximum atomic E-state index is 13.0. The number of non-ortho nitro benzene ring substituents is 1. The van der Waals surface area contributed by atoms with E-state index in [-0.39, 0.29) is 22.7 Å². The highest BCUT2D eigenvalue weighted by Crippen LogP contribution is 2.38. The molecule has 4 rings (SSSR count). The number of benzene rings is 3. The Morgan fingerprint density at radius 1 is 0.951 bits per heavy atom. The SMILES string of the molecule is Cc1cc(/C=N\NC(=O)c2ccc([N+](=O)[O-])cc2)c(C)n1-c1ccc(Oc2ccc(C(F)(F)F)cc2[N+](=O)[O-])cc1. The van der Waals surface area contributed by atoms with Crippen LogP contribution >= 0.6 is 0 Å². The fourth-order valence-electron chi connectivity index (χ4n) is 3.99. The average Bonchev–Trinajstić information content (AvgIpc) is 3.21. The number of carbonyl (C=O) groups excluding carboxylic acids is 1. The highest BCUT2D eigenvalue weighted by Gasteiger charge is 2.33. The smallest absolute Gasteiger partial charge is 0.416 e. The van der Waals surface area contributed by atoms with E-state index in [2.05, 4.69) is 10.5 Å². The molecular weight excluding hydrogens is 547 g/mol. The summed E-state index contributed by atoms with van der Waals surface area (Å²) in [7, 11) is 0. The number of halogens is 3. The number of hydrogen-bond donors (Lipinski definition) is 1. The second-order valence-electron chi connectivity index (χ2n) is 8.70. The van der Waals surface area contributed by atoms with E-state index in [0.29, 0.717) is 23.4 Å². The fraction of sp³-hybridized carbons (Fsp3) is 0.111. The summed E-state index contributed by atoms with van der Waals surface area (Å²) >= 11 is 0. The fourth-order valence-corrected chi connectivity index (χ4v) is 3.99. The molecule has 0 saturated heterocycles. The first-order valence-corrected chi connectivity index (χ1v) is 11.8. The third-order valence-corrected chi connectivity index (χ3v) is 5.99. The van der Waals surface area contributed by atoms with Gasteiger partial charge in [0.1, 0.15) is 5.75 Å². The summed E-state index contributed by atoms with van der Waals surface area (Å²) in [6, 6.07) is 15.3. The van der Waals surface area contributed by atoms with Crippen molar-refractivity contribution < 1.29 is 32.5 Å². The number of nitro benzene ring substituents is 2. The van der Waals surface area contributed by atoms with Crippen LogP contribution in [0.15, 0.2) is 77.9 Å². The van der Waals surface area contributed by atoms with Gasteiger partial charge in [-0.05, 0) is 68.4 Å². The third kappa shape index (κ3) is 6.38. The number of hydrogen-bond acceptors (Lipinski definition) is 7. The standard InChI is InChI=1S/C27H20F3N5O6/c1-16-13-19(15-31-32-26(36)18-3-6-22(7-4-18)34(37)38)17(2)33(16)21-8-10-23(11-9-21)41-25-12-5-20(27(28,29)30)14-24(25)35(39)40/h3-15H,1-2H3,(H,32,36)/b31-15-. The topological polar surface area (TPSA) is 142 Å². The van der Waals surface area contributed by atoms with Crippen LogP contribution in [-0.4, -0.2) is 26.5 Å². The van der Waals surface area contributed by atoms with Gasteiger partial charge >= 0.3 is 11.9 Å². The molecule has 210 valence electrons. The molecule has 3 aromatic carbocycles. The van der Waals surface area contributed by atoms with E-state index in [1.54, 1.807) is 12.1 Å². The molecule has 0 spiro atoms. The van der Waals surface area contributed by atoms with Gasteiger partial charge in [-0.2, -0.15) is 18.3 Å². The maximum Gasteiger partial charge on any atom is 0.416 e. The van der Waals surface area contributed by atoms with Crippen LogP contribution in [0, 0.1) is 34.1 Å². The van der Waals surface area contributed by atoms with Crippen molar-refractivity contribution in [2.75, 3.05) is 0 Å². The van der Waals surface area contributed by atoms with Crippen molar-refractivity contribution in [2.24, 2.45) is 5.10 Å². The van der Waals surface area contributed by atoms with Crippen molar-refractivity contribution >= 4 is 23.5 Å². The molecule has 0 radical (unpaired) electrons. The van der Waals surface area contributed by atoms with Crippen molar-refractivity contribution in [3.05, 3.63) is 121 Å². The summed E-state index contributed by atoms with van der Waals surface area (Å²) in [5.41, 5.74) is 3.42. The number of carbonyl (C=O) groups is 1. The number of alkyl halides is 3. The Hall–Kier alpha value is -5.53. The number of nitro groups is 2. The number of hydrazone groups is 1. The molecule has 0 aliphatic heterocycles. The first-order valence-electron chi connectivity index (χ1n) is 11.8. The molecule has 1 N–H and O–H groups in total. The lowest BCUT2D eigenvalue weighted by Crippen LogP contribution is -2.17. The van der Waals surface area contributed by atoms with Gasteiger partial charge in [0.15, 0.2) is 0 Å². The molecule has 0 bridgehead atoms. The molecule has 14 heteroatoms. The van der Waals surface area contributed by atoms with E-state index in [0.717, 1.165) is 17.5 Å². The molecule has 0 unspecified atom stereocenters. The van der Waals surface area contributed by atoms with E-state index < -0.39 is 33.2 Å². The Bertz CT molecular complexity index is 1660. The van der Waals surface area contributed by atoms with Gasteiger partial charge in [0.05, 0.1) is 21.6 Å². The van der Waals surface area contributed by atoms with Crippen LogP contribution < -0.4 is 10.2 Å². The zero-order valence-corrected chi connectivity index (χ0v) is 21.4. The molecule has 41 heavy (non-hydrogen) atoms. The van der Waals surface area contributed by atoms with Gasteiger partial charge in [-0.25, -0.2) is 5.43 Å². The Morgan fingerprint density at radius 3 is 2.20 bits per heavy atom. The quantitative estimate of drug-likeness (QED) is 0.147. The molecule has 1 amide bonds. The number of nitrogens with zero attached hydrogens (tertiary/aromatic N) is 4. The second-order valence-corrected chi connectivity index (χ2v) is 8.70. The Morgan fingerprint density at radius 2 is 1.61 bits per heavy atom. The molecule has 0 aliphatic carbocycles. The van der Waals surface area contributed by atoms with Crippen molar-refractivity contribution in [1.29, 1.82) is 0 Å². The Balaban J connectivity index is 1.48. The molecule has 4 aromatic rings. The molecule has 11 nitrogen and oxygen atoms in total. The highest BCUT2D eigenvalue weighted by atomic mass is 19.4. The Labute approximate surface area is 229 Å². The summed E-state index contributed by atoms with van der Waals surface area (Å²) < 4.78 is 46.3. The van der Waals surface area contributed by atoms with E-state index in [4.69, 9.17) is 4.74 Å². The van der Waals surface area contributed by atoms with Crippen molar-refractivity contribution in [3.63, 3.8) is 0 Å². The van der Waals surface area contributed by atoms with Crippen molar-refractivity contribution in [3.8, 4) is 17.2 Å². The molecule has 0 atom stereocenters. The summed E-state index contributed by atoms with van der Waals surface area (Å²) in [5.74, 6) is -0.706. The van der Waals surface area contributed by atoms with Crippen LogP contribution in [0.1, 0.15) is 32.9 Å². The summed E-state index contributed by atoms with van der Waals surface area (Å²) in [6.45, 7) is 3.66. The zero-order valence-electron chi connectivity index (χ0n) is 21.4. The molecule has 1 heterocycles. The van der Waals surface area contributed by atoms with Crippen LogP contribution in [-0.2, 0) is 6.18 Å². The number of aryl methyl sites for hydroxylation is 1. The summed E-state index contributed by atoms with van der Waals surface area (Å²) in [4.78, 5) is 32.9. The number of amides is 1. The number of rotatable bonds is 8. The van der Waals surface area contributed by atoms with E-state index in [1.165, 1.54) is 42.6 Å². The number of aromatic nitrogens is 1. The monoisotopic (exact) mass is 567 g/mol. The van der Waals surface area contributed by atoms with Gasteiger partial charge in [0.2, 0.25) is 5.75 Å². The molecule has 0 saturated carbocycles. The molecule has 1 aromatic heterocycles. The van der Waals surface area contributed by atoms with Crippen LogP contribution in [0.2, 0.25) is 0 Å². The predicted octanol–water partition coefficient (Wildman–Crippen LogP) is 6.49. The van der Waals surface area contributed by atoms with E-state index in [1.807, 2.05) is 24.5 Å². The minimum absolute atomic E-state index is 0.141. The summed E-state index contributed by atoms with van der Waals surface area (Å²) in [6.07, 6.45) is -3.29. The largest absolute Gasteiger partial charge is 0.450 e. The first-order chi connectivity index (χ1) is 19.3. The lowest BCUT2D eigenvalue weighted by Gasteiger charge is -2.12. The van der Waals surface area contributed by atoms with E-state index >= 15 is 0 Å². The van der Waals surface area contributed by atoms with Crippen LogP contribution in [0.25, 0.3) is 5.69 Å². The van der Waals surface area contributed by atoms with Gasteiger partial charge in [-0.1, -0.05) is 0 Å². The second kappa shape index (κ2) is 11.3. The normalized spacial score (nSPS) is 11.4. The minimum atomic E-state index is -4.74. The third-order valence-electron chi connectivity index (χ3n) is 5.99. The van der Waals surface area contributed by atoms with Gasteiger partial charge in [-0.3, -0.25) is 25.0 Å². The number of nitrogens with one attached hydrogen (secondary N) is 1. The average molecular weight is 567 g/mol. The Kier molecular flexibility index (Phi) is 7.85. The van der Waals surface area contributed by atoms with E-state index in [9.17, 15) is 38.2 Å².